The number of hydrogen-bond donors (Lipinski definition) is 1. The van der Waals surface area contributed by atoms with E-state index in [-0.39, 0.29) is 18.1 Å². The SMILES string of the molecule is CC[C@@H]1CCCN(C(=O)OC(C)(C)C)[C@@H]1C(=O)C[C@@H](Cc1ccc(N2CCc3sccc3C2)cc1)C(N)=O. The molecule has 8 heteroatoms. The van der Waals surface area contributed by atoms with Crippen molar-refractivity contribution in [3.8, 4) is 0 Å². The third-order valence-corrected chi connectivity index (χ3v) is 8.70. The number of Topliss-reactive ketones (excluding diaryl/α,β-unsaturated/α-hetero) is 1. The summed E-state index contributed by atoms with van der Waals surface area (Å²) in [5.41, 5.74) is 8.65. The van der Waals surface area contributed by atoms with Gasteiger partial charge in [-0.05, 0) is 87.1 Å². The summed E-state index contributed by atoms with van der Waals surface area (Å²) in [5.74, 6) is -1.18. The van der Waals surface area contributed by atoms with Crippen LogP contribution in [-0.4, -0.2) is 47.4 Å². The Morgan fingerprint density at radius 1 is 1.13 bits per heavy atom. The van der Waals surface area contributed by atoms with E-state index in [1.165, 1.54) is 10.4 Å². The first kappa shape index (κ1) is 28.1. The average molecular weight is 540 g/mol. The van der Waals surface area contributed by atoms with Crippen molar-refractivity contribution in [2.24, 2.45) is 17.6 Å². The number of carbonyl (C=O) groups excluding carboxylic acids is 3. The highest BCUT2D eigenvalue weighted by Crippen LogP contribution is 2.31. The number of piperidine rings is 1. The molecule has 4 rings (SSSR count). The minimum atomic E-state index is -0.647. The van der Waals surface area contributed by atoms with Crippen molar-refractivity contribution < 1.29 is 19.1 Å². The Balaban J connectivity index is 1.43. The lowest BCUT2D eigenvalue weighted by Crippen LogP contribution is -2.54. The predicted molar refractivity (Wildman–Crippen MR) is 151 cm³/mol. The number of likely N-dealkylation sites (tertiary alicyclic amines) is 1. The van der Waals surface area contributed by atoms with E-state index in [4.69, 9.17) is 10.5 Å². The minimum absolute atomic E-state index is 0.0185. The van der Waals surface area contributed by atoms with Gasteiger partial charge in [0.2, 0.25) is 5.91 Å². The monoisotopic (exact) mass is 539 g/mol. The van der Waals surface area contributed by atoms with Crippen LogP contribution in [0.25, 0.3) is 0 Å². The Bertz CT molecular complexity index is 1140. The molecule has 2 amide bonds. The molecule has 2 aliphatic rings. The number of amides is 2. The second-order valence-electron chi connectivity index (χ2n) is 11.6. The predicted octanol–water partition coefficient (Wildman–Crippen LogP) is 5.34. The fraction of sp³-hybridized carbons (Fsp3) is 0.567. The van der Waals surface area contributed by atoms with Gasteiger partial charge < -0.3 is 15.4 Å². The minimum Gasteiger partial charge on any atom is -0.444 e. The van der Waals surface area contributed by atoms with E-state index < -0.39 is 29.6 Å². The van der Waals surface area contributed by atoms with Crippen molar-refractivity contribution in [1.29, 1.82) is 0 Å². The van der Waals surface area contributed by atoms with Gasteiger partial charge in [-0.25, -0.2) is 4.79 Å². The molecule has 0 spiro atoms. The van der Waals surface area contributed by atoms with Crippen LogP contribution in [0.2, 0.25) is 0 Å². The van der Waals surface area contributed by atoms with Crippen LogP contribution in [0, 0.1) is 11.8 Å². The van der Waals surface area contributed by atoms with Crippen LogP contribution in [0.4, 0.5) is 10.5 Å². The zero-order chi connectivity index (χ0) is 27.4. The van der Waals surface area contributed by atoms with Crippen molar-refractivity contribution in [2.45, 2.75) is 84.4 Å². The smallest absolute Gasteiger partial charge is 0.410 e. The van der Waals surface area contributed by atoms with Gasteiger partial charge in [-0.2, -0.15) is 0 Å². The Morgan fingerprint density at radius 3 is 2.53 bits per heavy atom. The molecule has 2 aliphatic heterocycles. The van der Waals surface area contributed by atoms with Crippen molar-refractivity contribution in [3.05, 3.63) is 51.7 Å². The third-order valence-electron chi connectivity index (χ3n) is 7.68. The molecule has 0 unspecified atom stereocenters. The summed E-state index contributed by atoms with van der Waals surface area (Å²) < 4.78 is 5.61. The molecule has 1 aromatic heterocycles. The van der Waals surface area contributed by atoms with E-state index >= 15 is 0 Å². The first-order chi connectivity index (χ1) is 18.1. The summed E-state index contributed by atoms with van der Waals surface area (Å²) in [6, 6.07) is 9.85. The second kappa shape index (κ2) is 11.9. The Kier molecular flexibility index (Phi) is 8.81. The van der Waals surface area contributed by atoms with Crippen LogP contribution in [0.15, 0.2) is 35.7 Å². The van der Waals surface area contributed by atoms with E-state index in [0.29, 0.717) is 13.0 Å². The van der Waals surface area contributed by atoms with Crippen LogP contribution < -0.4 is 10.6 Å². The molecule has 0 bridgehead atoms. The first-order valence-corrected chi connectivity index (χ1v) is 14.6. The number of ketones is 1. The molecule has 0 radical (unpaired) electrons. The molecule has 1 fully saturated rings. The summed E-state index contributed by atoms with van der Waals surface area (Å²) >= 11 is 1.83. The fourth-order valence-electron chi connectivity index (χ4n) is 5.70. The number of rotatable bonds is 8. The molecule has 7 nitrogen and oxygen atoms in total. The van der Waals surface area contributed by atoms with Crippen molar-refractivity contribution in [3.63, 3.8) is 0 Å². The molecular formula is C30H41N3O4S. The van der Waals surface area contributed by atoms with Crippen LogP contribution in [0.3, 0.4) is 0 Å². The molecule has 1 aromatic carbocycles. The number of ether oxygens (including phenoxy) is 1. The van der Waals surface area contributed by atoms with Gasteiger partial charge in [0.05, 0.1) is 6.04 Å². The highest BCUT2D eigenvalue weighted by atomic mass is 32.1. The summed E-state index contributed by atoms with van der Waals surface area (Å²) in [6.07, 6.45) is 3.49. The molecule has 206 valence electrons. The van der Waals surface area contributed by atoms with Crippen LogP contribution in [-0.2, 0) is 33.7 Å². The van der Waals surface area contributed by atoms with Gasteiger partial charge in [-0.3, -0.25) is 14.5 Å². The van der Waals surface area contributed by atoms with Gasteiger partial charge >= 0.3 is 6.09 Å². The summed E-state index contributed by atoms with van der Waals surface area (Å²) in [5, 5.41) is 2.16. The number of thiophene rings is 1. The Hall–Kier alpha value is -2.87. The molecule has 2 aromatic rings. The fourth-order valence-corrected chi connectivity index (χ4v) is 6.59. The van der Waals surface area contributed by atoms with Gasteiger partial charge in [-0.1, -0.05) is 25.5 Å². The van der Waals surface area contributed by atoms with Gasteiger partial charge in [0.1, 0.15) is 5.60 Å². The van der Waals surface area contributed by atoms with Gasteiger partial charge in [-0.15, -0.1) is 11.3 Å². The van der Waals surface area contributed by atoms with Crippen molar-refractivity contribution in [2.75, 3.05) is 18.0 Å². The Labute approximate surface area is 230 Å². The third kappa shape index (κ3) is 6.76. The molecular weight excluding hydrogens is 498 g/mol. The van der Waals surface area contributed by atoms with E-state index in [0.717, 1.165) is 50.0 Å². The van der Waals surface area contributed by atoms with E-state index in [2.05, 4.69) is 28.5 Å². The second-order valence-corrected chi connectivity index (χ2v) is 12.6. The maximum Gasteiger partial charge on any atom is 0.410 e. The molecule has 0 aliphatic carbocycles. The molecule has 2 N–H and O–H groups in total. The van der Waals surface area contributed by atoms with Gasteiger partial charge in [0, 0.05) is 42.5 Å². The lowest BCUT2D eigenvalue weighted by atomic mass is 9.81. The average Bonchev–Trinajstić information content (AvgIpc) is 3.35. The highest BCUT2D eigenvalue weighted by Gasteiger charge is 2.41. The lowest BCUT2D eigenvalue weighted by Gasteiger charge is -2.41. The van der Waals surface area contributed by atoms with E-state index in [1.807, 2.05) is 51.2 Å². The maximum atomic E-state index is 13.6. The van der Waals surface area contributed by atoms with Gasteiger partial charge in [0.15, 0.2) is 5.78 Å². The number of carbonyl (C=O) groups is 3. The number of fused-ring (bicyclic) bond motifs is 1. The Morgan fingerprint density at radius 2 is 1.87 bits per heavy atom. The number of hydrogen-bond acceptors (Lipinski definition) is 6. The molecule has 3 atom stereocenters. The molecule has 1 saturated heterocycles. The zero-order valence-electron chi connectivity index (χ0n) is 23.1. The summed E-state index contributed by atoms with van der Waals surface area (Å²) in [6.45, 7) is 9.88. The summed E-state index contributed by atoms with van der Waals surface area (Å²) in [4.78, 5) is 44.5. The number of primary amides is 1. The number of nitrogens with two attached hydrogens (primary N) is 1. The van der Waals surface area contributed by atoms with Crippen LogP contribution in [0.1, 0.15) is 69.4 Å². The van der Waals surface area contributed by atoms with E-state index in [1.54, 1.807) is 4.90 Å². The summed E-state index contributed by atoms with van der Waals surface area (Å²) in [7, 11) is 0. The maximum absolute atomic E-state index is 13.6. The van der Waals surface area contributed by atoms with Gasteiger partial charge in [0.25, 0.3) is 0 Å². The number of benzene rings is 1. The van der Waals surface area contributed by atoms with Crippen LogP contribution >= 0.6 is 11.3 Å². The highest BCUT2D eigenvalue weighted by molar-refractivity contribution is 7.10. The number of anilines is 1. The van der Waals surface area contributed by atoms with Crippen molar-refractivity contribution in [1.82, 2.24) is 4.90 Å². The zero-order valence-corrected chi connectivity index (χ0v) is 23.9. The topological polar surface area (TPSA) is 92.9 Å². The van der Waals surface area contributed by atoms with Crippen molar-refractivity contribution >= 4 is 34.8 Å². The van der Waals surface area contributed by atoms with E-state index in [9.17, 15) is 14.4 Å². The molecule has 3 heterocycles. The standard InChI is InChI=1S/C30H41N3O4S/c1-5-21-7-6-14-33(29(36)37-30(2,3)4)27(21)25(34)18-23(28(31)35)17-20-8-10-24(11-9-20)32-15-12-26-22(19-32)13-16-38-26/h8-11,13,16,21,23,27H,5-7,12,14-15,17-19H2,1-4H3,(H2,31,35)/t21-,23-,27+/m1/s1. The van der Waals surface area contributed by atoms with Crippen LogP contribution in [0.5, 0.6) is 0 Å². The quantitative estimate of drug-likeness (QED) is 0.489. The largest absolute Gasteiger partial charge is 0.444 e. The number of nitrogens with zero attached hydrogens (tertiary/aromatic N) is 2. The molecule has 0 saturated carbocycles. The molecule has 38 heavy (non-hydrogen) atoms. The normalized spacial score (nSPS) is 20.5. The first-order valence-electron chi connectivity index (χ1n) is 13.8. The lowest BCUT2D eigenvalue weighted by molar-refractivity contribution is -0.132.